The molecule has 3 rings (SSSR count). The Hall–Kier alpha value is -0.640. The zero-order valence-corrected chi connectivity index (χ0v) is 19.7. The number of hydrogen-bond donors (Lipinski definition) is 9. The van der Waals surface area contributed by atoms with E-state index >= 15 is 0 Å². The summed E-state index contributed by atoms with van der Waals surface area (Å²) in [7, 11) is 2.46. The van der Waals surface area contributed by atoms with Gasteiger partial charge in [-0.25, -0.2) is 0 Å². The first kappa shape index (κ1) is 29.9. The number of rotatable bonds is 9. The molecule has 0 aliphatic carbocycles. The van der Waals surface area contributed by atoms with Crippen molar-refractivity contribution in [2.24, 2.45) is 0 Å². The van der Waals surface area contributed by atoms with Gasteiger partial charge in [-0.3, -0.25) is 0 Å². The zero-order valence-electron chi connectivity index (χ0n) is 19.7. The number of methoxy groups -OCH3 is 2. The molecule has 0 aromatic carbocycles. The van der Waals surface area contributed by atoms with Crippen LogP contribution < -0.4 is 0 Å². The Labute approximate surface area is 206 Å². The molecular formula is C20H36O16. The molecular weight excluding hydrogens is 496 g/mol. The first-order chi connectivity index (χ1) is 17.1. The van der Waals surface area contributed by atoms with Gasteiger partial charge in [-0.05, 0) is 0 Å². The monoisotopic (exact) mass is 532 g/mol. The Morgan fingerprint density at radius 1 is 0.528 bits per heavy atom. The third kappa shape index (κ3) is 5.99. The van der Waals surface area contributed by atoms with Crippen LogP contribution in [0.5, 0.6) is 0 Å². The summed E-state index contributed by atoms with van der Waals surface area (Å²) in [6.07, 6.45) is -22.2. The molecule has 15 atom stereocenters. The zero-order chi connectivity index (χ0) is 26.7. The summed E-state index contributed by atoms with van der Waals surface area (Å²) >= 11 is 0. The summed E-state index contributed by atoms with van der Waals surface area (Å²) in [6, 6.07) is 0. The number of aliphatic hydroxyl groups excluding tert-OH is 9. The van der Waals surface area contributed by atoms with Gasteiger partial charge < -0.3 is 79.1 Å². The Morgan fingerprint density at radius 3 is 1.64 bits per heavy atom. The summed E-state index contributed by atoms with van der Waals surface area (Å²) in [4.78, 5) is 0. The van der Waals surface area contributed by atoms with Gasteiger partial charge in [-0.1, -0.05) is 0 Å². The quantitative estimate of drug-likeness (QED) is 0.134. The van der Waals surface area contributed by atoms with Crippen molar-refractivity contribution in [2.75, 3.05) is 34.0 Å². The van der Waals surface area contributed by atoms with Crippen LogP contribution in [0.4, 0.5) is 0 Å². The highest BCUT2D eigenvalue weighted by molar-refractivity contribution is 4.95. The third-order valence-corrected chi connectivity index (χ3v) is 6.53. The summed E-state index contributed by atoms with van der Waals surface area (Å²) in [6.45, 7) is -1.78. The molecule has 16 nitrogen and oxygen atoms in total. The first-order valence-electron chi connectivity index (χ1n) is 11.4. The molecule has 9 N–H and O–H groups in total. The lowest BCUT2D eigenvalue weighted by molar-refractivity contribution is -0.366. The van der Waals surface area contributed by atoms with E-state index in [1.165, 1.54) is 14.2 Å². The molecule has 3 heterocycles. The minimum absolute atomic E-state index is 0.507. The van der Waals surface area contributed by atoms with E-state index < -0.39 is 112 Å². The van der Waals surface area contributed by atoms with Gasteiger partial charge in [0, 0.05) is 14.2 Å². The van der Waals surface area contributed by atoms with E-state index in [1.807, 2.05) is 0 Å². The second-order valence-corrected chi connectivity index (χ2v) is 8.80. The first-order valence-corrected chi connectivity index (χ1v) is 11.4. The van der Waals surface area contributed by atoms with Gasteiger partial charge in [-0.2, -0.15) is 0 Å². The molecule has 3 aliphatic rings. The molecule has 6 unspecified atom stereocenters. The van der Waals surface area contributed by atoms with Crippen LogP contribution in [-0.4, -0.2) is 172 Å². The maximum atomic E-state index is 10.7. The maximum absolute atomic E-state index is 10.7. The summed E-state index contributed by atoms with van der Waals surface area (Å²) < 4.78 is 37.6. The van der Waals surface area contributed by atoms with Crippen LogP contribution in [0.15, 0.2) is 0 Å². The van der Waals surface area contributed by atoms with E-state index in [-0.39, 0.29) is 0 Å². The van der Waals surface area contributed by atoms with Crippen molar-refractivity contribution >= 4 is 0 Å². The average Bonchev–Trinajstić information content (AvgIpc) is 2.88. The topological polar surface area (TPSA) is 247 Å². The van der Waals surface area contributed by atoms with Crippen LogP contribution in [0.1, 0.15) is 0 Å². The molecule has 3 aliphatic heterocycles. The fourth-order valence-corrected chi connectivity index (χ4v) is 4.41. The van der Waals surface area contributed by atoms with Crippen LogP contribution in [0.3, 0.4) is 0 Å². The molecule has 212 valence electrons. The number of aliphatic hydroxyl groups is 9. The second kappa shape index (κ2) is 12.9. The largest absolute Gasteiger partial charge is 0.394 e. The van der Waals surface area contributed by atoms with Gasteiger partial charge in [0.25, 0.3) is 0 Å². The summed E-state index contributed by atoms with van der Waals surface area (Å²) in [5.41, 5.74) is 0. The van der Waals surface area contributed by atoms with E-state index in [9.17, 15) is 46.0 Å². The Balaban J connectivity index is 1.75. The molecule has 0 saturated carbocycles. The van der Waals surface area contributed by atoms with Crippen molar-refractivity contribution in [1.29, 1.82) is 0 Å². The minimum Gasteiger partial charge on any atom is -0.394 e. The standard InChI is InChI=1S/C20H36O16/c1-30-16-7(4-22)34-20(15(29)11(16)25)36-17-8(35-18(31-2)14(28)12(17)26)5-32-19-13(27)10(24)9(23)6(3-21)33-19/h6-29H,3-5H2,1-2H3/t6?,7?,8?,9-,10-,11+,12+,13?,14?,15?,16-,17-,18+,19+,20-/m0/s1. The van der Waals surface area contributed by atoms with E-state index in [2.05, 4.69) is 0 Å². The van der Waals surface area contributed by atoms with E-state index in [4.69, 9.17) is 33.2 Å². The highest BCUT2D eigenvalue weighted by Crippen LogP contribution is 2.31. The summed E-state index contributed by atoms with van der Waals surface area (Å²) in [5.74, 6) is 0. The van der Waals surface area contributed by atoms with Crippen molar-refractivity contribution in [2.45, 2.75) is 92.1 Å². The Morgan fingerprint density at radius 2 is 1.06 bits per heavy atom. The molecule has 3 fully saturated rings. The van der Waals surface area contributed by atoms with Crippen LogP contribution in [0, 0.1) is 0 Å². The molecule has 3 saturated heterocycles. The van der Waals surface area contributed by atoms with Crippen molar-refractivity contribution < 1.29 is 79.1 Å². The minimum atomic E-state index is -1.71. The van der Waals surface area contributed by atoms with Crippen molar-refractivity contribution in [3.63, 3.8) is 0 Å². The Bertz CT molecular complexity index is 668. The van der Waals surface area contributed by atoms with Crippen molar-refractivity contribution in [3.05, 3.63) is 0 Å². The van der Waals surface area contributed by atoms with E-state index in [0.717, 1.165) is 0 Å². The maximum Gasteiger partial charge on any atom is 0.187 e. The molecule has 0 aromatic rings. The molecule has 0 radical (unpaired) electrons. The normalized spacial score (nSPS) is 50.2. The SMILES string of the molecule is CO[C@@H]1OC(CO[C@@H]2OC(CO)[C@H](O)[C@H](O)C2O)[C@H](O[C@@H]2OC(CO)[C@H](OC)[C@H](O)C2O)[C@H](O)C1O. The smallest absolute Gasteiger partial charge is 0.187 e. The van der Waals surface area contributed by atoms with Crippen LogP contribution in [0.2, 0.25) is 0 Å². The highest BCUT2D eigenvalue weighted by atomic mass is 16.8. The predicted octanol–water partition coefficient (Wildman–Crippen LogP) is -6.26. The molecule has 0 amide bonds. The molecule has 0 spiro atoms. The lowest BCUT2D eigenvalue weighted by Crippen LogP contribution is -2.65. The number of ether oxygens (including phenoxy) is 7. The van der Waals surface area contributed by atoms with Gasteiger partial charge in [0.15, 0.2) is 18.9 Å². The van der Waals surface area contributed by atoms with Crippen LogP contribution in [-0.2, 0) is 33.2 Å². The van der Waals surface area contributed by atoms with Crippen molar-refractivity contribution in [1.82, 2.24) is 0 Å². The second-order valence-electron chi connectivity index (χ2n) is 8.80. The van der Waals surface area contributed by atoms with Crippen LogP contribution >= 0.6 is 0 Å². The molecule has 0 bridgehead atoms. The van der Waals surface area contributed by atoms with Gasteiger partial charge >= 0.3 is 0 Å². The summed E-state index contributed by atoms with van der Waals surface area (Å²) in [5, 5.41) is 90.9. The van der Waals surface area contributed by atoms with Gasteiger partial charge in [0.1, 0.15) is 73.2 Å². The van der Waals surface area contributed by atoms with E-state index in [0.29, 0.717) is 0 Å². The lowest BCUT2D eigenvalue weighted by Gasteiger charge is -2.47. The van der Waals surface area contributed by atoms with E-state index in [1.54, 1.807) is 0 Å². The number of hydrogen-bond acceptors (Lipinski definition) is 16. The van der Waals surface area contributed by atoms with Crippen molar-refractivity contribution in [3.8, 4) is 0 Å². The van der Waals surface area contributed by atoms with Crippen LogP contribution in [0.25, 0.3) is 0 Å². The fraction of sp³-hybridized carbons (Fsp3) is 1.00. The van der Waals surface area contributed by atoms with Gasteiger partial charge in [0.2, 0.25) is 0 Å². The molecule has 16 heteroatoms. The fourth-order valence-electron chi connectivity index (χ4n) is 4.41. The Kier molecular flexibility index (Phi) is 10.8. The predicted molar refractivity (Wildman–Crippen MR) is 111 cm³/mol. The molecule has 36 heavy (non-hydrogen) atoms. The average molecular weight is 532 g/mol. The third-order valence-electron chi connectivity index (χ3n) is 6.53. The van der Waals surface area contributed by atoms with Gasteiger partial charge in [-0.15, -0.1) is 0 Å². The highest BCUT2D eigenvalue weighted by Gasteiger charge is 2.52. The van der Waals surface area contributed by atoms with Gasteiger partial charge in [0.05, 0.1) is 19.8 Å². The molecule has 0 aromatic heterocycles. The lowest BCUT2D eigenvalue weighted by atomic mass is 9.96.